The van der Waals surface area contributed by atoms with E-state index in [2.05, 4.69) is 5.32 Å². The van der Waals surface area contributed by atoms with Crippen molar-refractivity contribution in [2.75, 3.05) is 11.9 Å². The lowest BCUT2D eigenvalue weighted by Gasteiger charge is -2.15. The molecular formula is C30H24FN3O5. The number of ether oxygens (including phenoxy) is 2. The number of benzene rings is 3. The van der Waals surface area contributed by atoms with Crippen molar-refractivity contribution in [3.05, 3.63) is 95.0 Å². The number of aliphatic carboxylic acids is 1. The Bertz CT molecular complexity index is 1760. The van der Waals surface area contributed by atoms with Gasteiger partial charge >= 0.3 is 5.97 Å². The SMILES string of the molecule is Cc1ccc(-c2nc3ccc(F)cc3n2-c2cccc3c2OC[C@H]3Nc2ccc3c(c2)CO[C@H]3CC(=O)O)o1. The summed E-state index contributed by atoms with van der Waals surface area (Å²) in [5, 5.41) is 12.7. The Balaban J connectivity index is 1.26. The Hall–Kier alpha value is -4.63. The van der Waals surface area contributed by atoms with E-state index >= 15 is 0 Å². The maximum Gasteiger partial charge on any atom is 0.306 e. The highest BCUT2D eigenvalue weighted by Gasteiger charge is 2.30. The predicted octanol–water partition coefficient (Wildman–Crippen LogP) is 6.32. The second-order valence-corrected chi connectivity index (χ2v) is 9.83. The van der Waals surface area contributed by atoms with Crippen molar-refractivity contribution in [3.63, 3.8) is 0 Å². The molecule has 0 aliphatic carbocycles. The number of carboxylic acid groups (broad SMARTS) is 1. The Kier molecular flexibility index (Phi) is 5.41. The van der Waals surface area contributed by atoms with E-state index in [0.29, 0.717) is 41.6 Å². The fourth-order valence-corrected chi connectivity index (χ4v) is 5.48. The first-order valence-electron chi connectivity index (χ1n) is 12.7. The first-order valence-corrected chi connectivity index (χ1v) is 12.7. The summed E-state index contributed by atoms with van der Waals surface area (Å²) < 4.78 is 34.1. The number of carboxylic acids is 1. The summed E-state index contributed by atoms with van der Waals surface area (Å²) in [6.07, 6.45) is -0.481. The van der Waals surface area contributed by atoms with E-state index in [1.807, 2.05) is 60.0 Å². The molecule has 5 aromatic rings. The summed E-state index contributed by atoms with van der Waals surface area (Å²) in [4.78, 5) is 15.9. The van der Waals surface area contributed by atoms with Crippen LogP contribution in [0.3, 0.4) is 0 Å². The summed E-state index contributed by atoms with van der Waals surface area (Å²) in [5.74, 6) is 1.34. The van der Waals surface area contributed by atoms with Gasteiger partial charge in [-0.05, 0) is 60.5 Å². The maximum absolute atomic E-state index is 14.4. The molecule has 0 bridgehead atoms. The molecule has 2 aliphatic heterocycles. The van der Waals surface area contributed by atoms with Crippen LogP contribution in [0, 0.1) is 12.7 Å². The summed E-state index contributed by atoms with van der Waals surface area (Å²) in [6.45, 7) is 2.65. The van der Waals surface area contributed by atoms with Gasteiger partial charge in [0.25, 0.3) is 0 Å². The van der Waals surface area contributed by atoms with Gasteiger partial charge in [-0.15, -0.1) is 0 Å². The number of hydrogen-bond acceptors (Lipinski definition) is 6. The molecule has 9 heteroatoms. The Morgan fingerprint density at radius 2 is 2.03 bits per heavy atom. The minimum atomic E-state index is -0.885. The second kappa shape index (κ2) is 8.99. The molecule has 0 unspecified atom stereocenters. The van der Waals surface area contributed by atoms with Gasteiger partial charge in [0.1, 0.15) is 23.9 Å². The molecule has 0 amide bonds. The van der Waals surface area contributed by atoms with E-state index < -0.39 is 12.1 Å². The zero-order chi connectivity index (χ0) is 26.7. The lowest BCUT2D eigenvalue weighted by Crippen LogP contribution is -2.12. The van der Waals surface area contributed by atoms with Crippen LogP contribution in [-0.2, 0) is 16.1 Å². The zero-order valence-corrected chi connectivity index (χ0v) is 21.0. The lowest BCUT2D eigenvalue weighted by atomic mass is 10.0. The van der Waals surface area contributed by atoms with E-state index in [0.717, 1.165) is 33.8 Å². The molecule has 0 saturated heterocycles. The highest BCUT2D eigenvalue weighted by molar-refractivity contribution is 5.83. The van der Waals surface area contributed by atoms with Crippen LogP contribution in [0.25, 0.3) is 28.3 Å². The number of rotatable bonds is 6. The number of imidazole rings is 1. The average Bonchev–Trinajstić information content (AvgIpc) is 3.69. The molecule has 0 fully saturated rings. The van der Waals surface area contributed by atoms with Crippen LogP contribution in [0.1, 0.15) is 41.0 Å². The fourth-order valence-electron chi connectivity index (χ4n) is 5.48. The quantitative estimate of drug-likeness (QED) is 0.267. The monoisotopic (exact) mass is 525 g/mol. The molecule has 3 aromatic carbocycles. The number of aromatic nitrogens is 2. The molecule has 0 spiro atoms. The molecule has 196 valence electrons. The van der Waals surface area contributed by atoms with E-state index in [1.165, 1.54) is 12.1 Å². The molecular weight excluding hydrogens is 501 g/mol. The van der Waals surface area contributed by atoms with Gasteiger partial charge in [0, 0.05) is 17.3 Å². The van der Waals surface area contributed by atoms with Gasteiger partial charge in [-0.1, -0.05) is 18.2 Å². The molecule has 4 heterocycles. The minimum absolute atomic E-state index is 0.0568. The van der Waals surface area contributed by atoms with Gasteiger partial charge in [-0.2, -0.15) is 0 Å². The first kappa shape index (κ1) is 23.5. The summed E-state index contributed by atoms with van der Waals surface area (Å²) in [5.41, 5.74) is 5.75. The van der Waals surface area contributed by atoms with Crippen molar-refractivity contribution >= 4 is 22.7 Å². The number of nitrogens with one attached hydrogen (secondary N) is 1. The number of hydrogen-bond donors (Lipinski definition) is 2. The van der Waals surface area contributed by atoms with Crippen LogP contribution < -0.4 is 10.1 Å². The van der Waals surface area contributed by atoms with Crippen LogP contribution >= 0.6 is 0 Å². The van der Waals surface area contributed by atoms with Crippen molar-refractivity contribution < 1.29 is 28.2 Å². The number of para-hydroxylation sites is 1. The van der Waals surface area contributed by atoms with E-state index in [1.54, 1.807) is 6.07 Å². The third-order valence-corrected chi connectivity index (χ3v) is 7.24. The Morgan fingerprint density at radius 1 is 1.13 bits per heavy atom. The molecule has 8 nitrogen and oxygen atoms in total. The number of furan rings is 1. The summed E-state index contributed by atoms with van der Waals surface area (Å²) in [6, 6.07) is 19.9. The van der Waals surface area contributed by atoms with Gasteiger partial charge in [-0.3, -0.25) is 9.36 Å². The van der Waals surface area contributed by atoms with Gasteiger partial charge in [0.2, 0.25) is 0 Å². The fraction of sp³-hybridized carbons (Fsp3) is 0.200. The van der Waals surface area contributed by atoms with Gasteiger partial charge in [0.05, 0.1) is 41.9 Å². The first-order chi connectivity index (χ1) is 18.9. The molecule has 39 heavy (non-hydrogen) atoms. The molecule has 2 atom stereocenters. The van der Waals surface area contributed by atoms with Gasteiger partial charge < -0.3 is 24.3 Å². The Labute approximate surface area is 222 Å². The second-order valence-electron chi connectivity index (χ2n) is 9.83. The summed E-state index contributed by atoms with van der Waals surface area (Å²) >= 11 is 0. The molecule has 0 radical (unpaired) electrons. The van der Waals surface area contributed by atoms with Crippen molar-refractivity contribution in [2.24, 2.45) is 0 Å². The van der Waals surface area contributed by atoms with Gasteiger partial charge in [-0.25, -0.2) is 9.37 Å². The number of nitrogens with zero attached hydrogens (tertiary/aromatic N) is 2. The Morgan fingerprint density at radius 3 is 2.85 bits per heavy atom. The maximum atomic E-state index is 14.4. The average molecular weight is 526 g/mol. The smallest absolute Gasteiger partial charge is 0.306 e. The third kappa shape index (κ3) is 4.02. The van der Waals surface area contributed by atoms with Crippen LogP contribution in [0.15, 0.2) is 71.1 Å². The van der Waals surface area contributed by atoms with E-state index in [4.69, 9.17) is 24.0 Å². The number of aryl methyl sites for hydroxylation is 1. The normalized spacial score (nSPS) is 17.7. The van der Waals surface area contributed by atoms with E-state index in [-0.39, 0.29) is 18.3 Å². The number of anilines is 1. The predicted molar refractivity (Wildman–Crippen MR) is 142 cm³/mol. The molecule has 0 saturated carbocycles. The number of fused-ring (bicyclic) bond motifs is 3. The highest BCUT2D eigenvalue weighted by atomic mass is 19.1. The number of carbonyl (C=O) groups is 1. The summed E-state index contributed by atoms with van der Waals surface area (Å²) in [7, 11) is 0. The molecule has 2 N–H and O–H groups in total. The standard InChI is InChI=1S/C30H24FN3O5/c1-16-5-10-26(39-16)30-33-22-9-6-18(31)12-25(22)34(30)24-4-2-3-21-23(15-38-29(21)24)32-19-7-8-20-17(11-19)14-37-27(20)13-28(35)36/h2-12,23,27,32H,13-15H2,1H3,(H,35,36)/t23-,27+/m1/s1. The number of halogens is 1. The topological polar surface area (TPSA) is 98.8 Å². The van der Waals surface area contributed by atoms with E-state index in [9.17, 15) is 9.18 Å². The molecule has 2 aromatic heterocycles. The van der Waals surface area contributed by atoms with Crippen molar-refractivity contribution in [3.8, 4) is 23.0 Å². The lowest BCUT2D eigenvalue weighted by molar-refractivity contribution is -0.140. The third-order valence-electron chi connectivity index (χ3n) is 7.24. The van der Waals surface area contributed by atoms with Crippen LogP contribution in [0.5, 0.6) is 5.75 Å². The van der Waals surface area contributed by atoms with Crippen molar-refractivity contribution in [2.45, 2.75) is 32.1 Å². The minimum Gasteiger partial charge on any atom is -0.489 e. The van der Waals surface area contributed by atoms with Crippen molar-refractivity contribution in [1.29, 1.82) is 0 Å². The zero-order valence-electron chi connectivity index (χ0n) is 21.0. The molecule has 7 rings (SSSR count). The van der Waals surface area contributed by atoms with Crippen LogP contribution in [0.2, 0.25) is 0 Å². The van der Waals surface area contributed by atoms with Gasteiger partial charge in [0.15, 0.2) is 11.6 Å². The van der Waals surface area contributed by atoms with Crippen LogP contribution in [-0.4, -0.2) is 27.2 Å². The van der Waals surface area contributed by atoms with Crippen LogP contribution in [0.4, 0.5) is 10.1 Å². The molecule has 2 aliphatic rings. The highest BCUT2D eigenvalue weighted by Crippen LogP contribution is 2.43. The largest absolute Gasteiger partial charge is 0.489 e. The van der Waals surface area contributed by atoms with Crippen molar-refractivity contribution in [1.82, 2.24) is 9.55 Å².